The highest BCUT2D eigenvalue weighted by Gasteiger charge is 2.35. The quantitative estimate of drug-likeness (QED) is 0.381. The second kappa shape index (κ2) is 5.69. The average molecular weight is 403 g/mol. The molecule has 0 atom stereocenters. The van der Waals surface area contributed by atoms with E-state index in [9.17, 15) is 14.0 Å². The summed E-state index contributed by atoms with van der Waals surface area (Å²) in [5.41, 5.74) is 5.28. The zero-order chi connectivity index (χ0) is 20.7. The van der Waals surface area contributed by atoms with Crippen LogP contribution < -0.4 is 5.32 Å². The van der Waals surface area contributed by atoms with Gasteiger partial charge in [0.2, 0.25) is 0 Å². The summed E-state index contributed by atoms with van der Waals surface area (Å²) in [5.74, 6) is -1.14. The number of benzene rings is 3. The largest absolute Gasteiger partial charge is 0.353 e. The lowest BCUT2D eigenvalue weighted by molar-refractivity contribution is 0.0880. The Hall–Kier alpha value is -3.67. The van der Waals surface area contributed by atoms with Crippen LogP contribution in [0.25, 0.3) is 43.6 Å². The molecule has 2 aromatic heterocycles. The molecule has 0 fully saturated rings. The van der Waals surface area contributed by atoms with E-state index in [0.29, 0.717) is 28.6 Å². The van der Waals surface area contributed by atoms with E-state index in [1.54, 1.807) is 6.07 Å². The van der Waals surface area contributed by atoms with Gasteiger partial charge in [0.15, 0.2) is 0 Å². The molecule has 0 radical (unpaired) electrons. The third-order valence-electron chi connectivity index (χ3n) is 6.29. The molecule has 0 unspecified atom stereocenters. The first-order valence-electron chi connectivity index (χ1n) is 10.1. The summed E-state index contributed by atoms with van der Waals surface area (Å²) in [7, 11) is 0. The maximum atomic E-state index is 13.9. The fourth-order valence-electron chi connectivity index (χ4n) is 5.14. The highest BCUT2D eigenvalue weighted by molar-refractivity contribution is 6.39. The minimum atomic E-state index is -0.406. The van der Waals surface area contributed by atoms with Gasteiger partial charge in [-0.25, -0.2) is 4.39 Å². The number of imide groups is 1. The van der Waals surface area contributed by atoms with Gasteiger partial charge in [-0.15, -0.1) is 0 Å². The number of hydrogen-bond acceptors (Lipinski definition) is 2. The van der Waals surface area contributed by atoms with Gasteiger partial charge in [0.1, 0.15) is 5.82 Å². The zero-order valence-corrected chi connectivity index (χ0v) is 16.5. The lowest BCUT2D eigenvalue weighted by atomic mass is 9.96. The number of halogens is 1. The Bertz CT molecular complexity index is 1600. The number of rotatable bonds is 2. The molecule has 3 aromatic carbocycles. The summed E-state index contributed by atoms with van der Waals surface area (Å²) in [4.78, 5) is 29.1. The van der Waals surface area contributed by atoms with E-state index in [-0.39, 0.29) is 14.6 Å². The second-order valence-corrected chi connectivity index (χ2v) is 7.73. The van der Waals surface area contributed by atoms with Crippen molar-refractivity contribution < 1.29 is 16.8 Å². The van der Waals surface area contributed by atoms with Crippen LogP contribution in [0.15, 0.2) is 36.4 Å². The Morgan fingerprint density at radius 1 is 0.967 bits per heavy atom. The fourth-order valence-corrected chi connectivity index (χ4v) is 5.14. The van der Waals surface area contributed by atoms with Crippen LogP contribution in [0.1, 0.15) is 43.0 Å². The number of H-pyrrole nitrogens is 1. The molecule has 0 spiro atoms. The molecule has 0 saturated carbocycles. The molecule has 0 bridgehead atoms. The number of aryl methyl sites for hydroxylation is 2. The minimum absolute atomic E-state index is 0. The van der Waals surface area contributed by atoms with Crippen molar-refractivity contribution in [3.05, 3.63) is 58.9 Å². The van der Waals surface area contributed by atoms with Crippen LogP contribution >= 0.6 is 0 Å². The molecule has 2 amide bonds. The van der Waals surface area contributed by atoms with E-state index in [2.05, 4.69) is 34.8 Å². The molecule has 152 valence electrons. The maximum absolute atomic E-state index is 13.9. The predicted octanol–water partition coefficient (Wildman–Crippen LogP) is 5.53. The van der Waals surface area contributed by atoms with E-state index < -0.39 is 5.91 Å². The number of nitrogens with one attached hydrogen (secondary N) is 2. The smallest absolute Gasteiger partial charge is 0.259 e. The topological polar surface area (TPSA) is 66.9 Å². The van der Waals surface area contributed by atoms with Gasteiger partial charge in [0.25, 0.3) is 11.8 Å². The van der Waals surface area contributed by atoms with E-state index in [0.717, 1.165) is 39.1 Å². The van der Waals surface area contributed by atoms with E-state index >= 15 is 0 Å². The molecule has 1 aliphatic heterocycles. The molecule has 3 heterocycles. The third-order valence-corrected chi connectivity index (χ3v) is 6.29. The molecule has 5 aromatic rings. The number of hydrogen-bond donors (Lipinski definition) is 2. The summed E-state index contributed by atoms with van der Waals surface area (Å²) in [6.07, 6.45) is 0.849. The van der Waals surface area contributed by atoms with Crippen LogP contribution in [0.2, 0.25) is 0 Å². The Labute approximate surface area is 173 Å². The Morgan fingerprint density at radius 3 is 2.47 bits per heavy atom. The molecule has 6 rings (SSSR count). The van der Waals surface area contributed by atoms with Crippen molar-refractivity contribution in [2.45, 2.75) is 26.8 Å². The standard InChI is InChI=1S/C24H18FN3O2.2H2/c1-3-11-6-5-7-14-17-19-18(23(29)27-24(19)30)16-13-9-8-12(25)10-15(13)26-20(16)22(17)28(4-2)21(11)14;;/h5-10,26H,3-4H2,1-2H3,(H,27,29,30);2*1H. The molecule has 0 aliphatic carbocycles. The molecule has 30 heavy (non-hydrogen) atoms. The van der Waals surface area contributed by atoms with Gasteiger partial charge >= 0.3 is 0 Å². The third kappa shape index (κ3) is 1.91. The Kier molecular flexibility index (Phi) is 3.26. The maximum Gasteiger partial charge on any atom is 0.259 e. The van der Waals surface area contributed by atoms with Crippen LogP contribution in [0.3, 0.4) is 0 Å². The van der Waals surface area contributed by atoms with Crippen molar-refractivity contribution in [1.29, 1.82) is 0 Å². The van der Waals surface area contributed by atoms with E-state index in [4.69, 9.17) is 0 Å². The Morgan fingerprint density at radius 2 is 1.73 bits per heavy atom. The number of carbonyl (C=O) groups excluding carboxylic acids is 2. The van der Waals surface area contributed by atoms with Crippen molar-refractivity contribution in [2.75, 3.05) is 0 Å². The monoisotopic (exact) mass is 403 g/mol. The normalized spacial score (nSPS) is 13.8. The number of aromatic nitrogens is 2. The van der Waals surface area contributed by atoms with Crippen LogP contribution in [0, 0.1) is 5.82 Å². The lowest BCUT2D eigenvalue weighted by Crippen LogP contribution is -2.20. The number of carbonyl (C=O) groups is 2. The molecule has 6 heteroatoms. The Balaban J connectivity index is 0.00000122. The van der Waals surface area contributed by atoms with E-state index in [1.807, 2.05) is 12.1 Å². The highest BCUT2D eigenvalue weighted by Crippen LogP contribution is 2.44. The molecule has 0 saturated heterocycles. The number of aromatic amines is 1. The van der Waals surface area contributed by atoms with Crippen molar-refractivity contribution in [3.8, 4) is 0 Å². The number of para-hydroxylation sites is 1. The fraction of sp³-hybridized carbons (Fsp3) is 0.167. The summed E-state index contributed by atoms with van der Waals surface area (Å²) >= 11 is 0. The number of nitrogens with zero attached hydrogens (tertiary/aromatic N) is 1. The van der Waals surface area contributed by atoms with Crippen molar-refractivity contribution in [1.82, 2.24) is 14.9 Å². The van der Waals surface area contributed by atoms with Crippen LogP contribution in [0.5, 0.6) is 0 Å². The lowest BCUT2D eigenvalue weighted by Gasteiger charge is -2.08. The van der Waals surface area contributed by atoms with Crippen LogP contribution in [0.4, 0.5) is 4.39 Å². The van der Waals surface area contributed by atoms with Crippen molar-refractivity contribution in [3.63, 3.8) is 0 Å². The van der Waals surface area contributed by atoms with Crippen molar-refractivity contribution >= 4 is 55.4 Å². The molecule has 1 aliphatic rings. The zero-order valence-electron chi connectivity index (χ0n) is 16.5. The molecular formula is C24H22FN3O2. The van der Waals surface area contributed by atoms with Gasteiger partial charge in [-0.1, -0.05) is 25.1 Å². The average Bonchev–Trinajstić information content (AvgIpc) is 3.36. The minimum Gasteiger partial charge on any atom is -0.353 e. The number of fused-ring (bicyclic) bond motifs is 10. The van der Waals surface area contributed by atoms with Gasteiger partial charge in [0, 0.05) is 36.5 Å². The summed E-state index contributed by atoms with van der Waals surface area (Å²) in [6.45, 7) is 4.87. The first kappa shape index (κ1) is 17.2. The van der Waals surface area contributed by atoms with Gasteiger partial charge in [-0.3, -0.25) is 14.9 Å². The second-order valence-electron chi connectivity index (χ2n) is 7.73. The van der Waals surface area contributed by atoms with Gasteiger partial charge in [-0.2, -0.15) is 0 Å². The summed E-state index contributed by atoms with van der Waals surface area (Å²) in [6, 6.07) is 10.6. The van der Waals surface area contributed by atoms with Gasteiger partial charge in [0.05, 0.1) is 27.7 Å². The summed E-state index contributed by atoms with van der Waals surface area (Å²) in [5, 5.41) is 5.62. The molecular weight excluding hydrogens is 381 g/mol. The number of amides is 2. The molecule has 5 nitrogen and oxygen atoms in total. The first-order chi connectivity index (χ1) is 14.5. The van der Waals surface area contributed by atoms with Gasteiger partial charge < -0.3 is 9.55 Å². The predicted molar refractivity (Wildman–Crippen MR) is 120 cm³/mol. The van der Waals surface area contributed by atoms with Crippen LogP contribution in [-0.4, -0.2) is 21.4 Å². The van der Waals surface area contributed by atoms with Gasteiger partial charge in [-0.05, 0) is 37.1 Å². The highest BCUT2D eigenvalue weighted by atomic mass is 19.1. The first-order valence-corrected chi connectivity index (χ1v) is 10.1. The SMILES string of the molecule is CCc1cccc2c3c4c(c5c6ccc(F)cc6[nH]c5c3n(CC)c12)C(=O)NC4=O.[HH].[HH]. The van der Waals surface area contributed by atoms with Crippen LogP contribution in [-0.2, 0) is 13.0 Å². The van der Waals surface area contributed by atoms with Crippen molar-refractivity contribution in [2.24, 2.45) is 0 Å². The summed E-state index contributed by atoms with van der Waals surface area (Å²) < 4.78 is 16.1. The molecule has 2 N–H and O–H groups in total. The van der Waals surface area contributed by atoms with E-state index in [1.165, 1.54) is 17.7 Å².